The van der Waals surface area contributed by atoms with Gasteiger partial charge in [0.2, 0.25) is 0 Å². The van der Waals surface area contributed by atoms with E-state index < -0.39 is 16.5 Å². The van der Waals surface area contributed by atoms with Crippen LogP contribution in [0.3, 0.4) is 0 Å². The summed E-state index contributed by atoms with van der Waals surface area (Å²) in [6.45, 7) is 0.146. The van der Waals surface area contributed by atoms with Crippen LogP contribution < -0.4 is 0 Å². The van der Waals surface area contributed by atoms with Crippen LogP contribution in [-0.4, -0.2) is 23.1 Å². The SMILES string of the molecule is O=C(OC[C@]1(c2ccccc2)OC12CCCCC2)c1ccc([N+](=O)[O-])cc1. The van der Waals surface area contributed by atoms with Gasteiger partial charge < -0.3 is 9.47 Å². The number of esters is 1. The van der Waals surface area contributed by atoms with Gasteiger partial charge in [-0.05, 0) is 30.5 Å². The molecule has 1 saturated heterocycles. The van der Waals surface area contributed by atoms with E-state index in [2.05, 4.69) is 0 Å². The number of ether oxygens (including phenoxy) is 2. The van der Waals surface area contributed by atoms with E-state index in [1.54, 1.807) is 0 Å². The quantitative estimate of drug-likeness (QED) is 0.339. The van der Waals surface area contributed by atoms with Crippen LogP contribution in [-0.2, 0) is 15.1 Å². The predicted octanol–water partition coefficient (Wildman–Crippen LogP) is 4.38. The van der Waals surface area contributed by atoms with Gasteiger partial charge in [-0.3, -0.25) is 10.1 Å². The number of nitrogens with zero attached hydrogens (tertiary/aromatic N) is 1. The molecule has 2 aromatic rings. The molecule has 0 unspecified atom stereocenters. The van der Waals surface area contributed by atoms with Gasteiger partial charge in [0.15, 0.2) is 5.60 Å². The van der Waals surface area contributed by atoms with Crippen LogP contribution in [0.2, 0.25) is 0 Å². The molecule has 1 saturated carbocycles. The second-order valence-electron chi connectivity index (χ2n) is 7.23. The maximum Gasteiger partial charge on any atom is 0.338 e. The van der Waals surface area contributed by atoms with Crippen LogP contribution in [0, 0.1) is 10.1 Å². The molecule has 6 nitrogen and oxygen atoms in total. The molecule has 0 radical (unpaired) electrons. The molecule has 2 fully saturated rings. The Kier molecular flexibility index (Phi) is 4.44. The van der Waals surface area contributed by atoms with E-state index in [4.69, 9.17) is 9.47 Å². The van der Waals surface area contributed by atoms with Gasteiger partial charge in [0, 0.05) is 12.1 Å². The average Bonchev–Trinajstić information content (AvgIpc) is 3.34. The monoisotopic (exact) mass is 367 g/mol. The lowest BCUT2D eigenvalue weighted by atomic mass is 9.77. The Morgan fingerprint density at radius 2 is 1.70 bits per heavy atom. The maximum atomic E-state index is 12.5. The molecule has 0 bridgehead atoms. The number of carbonyl (C=O) groups excluding carboxylic acids is 1. The highest BCUT2D eigenvalue weighted by molar-refractivity contribution is 5.89. The fourth-order valence-corrected chi connectivity index (χ4v) is 4.18. The molecule has 6 heteroatoms. The van der Waals surface area contributed by atoms with E-state index in [0.717, 1.165) is 31.2 Å². The number of non-ortho nitro benzene ring substituents is 1. The molecule has 4 rings (SSSR count). The van der Waals surface area contributed by atoms with Gasteiger partial charge in [0.1, 0.15) is 12.2 Å². The maximum absolute atomic E-state index is 12.5. The van der Waals surface area contributed by atoms with Gasteiger partial charge in [0.25, 0.3) is 5.69 Å². The second kappa shape index (κ2) is 6.78. The Morgan fingerprint density at radius 3 is 2.33 bits per heavy atom. The number of nitro benzene ring substituents is 1. The zero-order valence-corrected chi connectivity index (χ0v) is 14.9. The molecule has 140 valence electrons. The summed E-state index contributed by atoms with van der Waals surface area (Å²) in [4.78, 5) is 22.7. The predicted molar refractivity (Wildman–Crippen MR) is 98.4 cm³/mol. The van der Waals surface area contributed by atoms with Crippen LogP contribution in [0.25, 0.3) is 0 Å². The summed E-state index contributed by atoms with van der Waals surface area (Å²) in [6.07, 6.45) is 5.38. The van der Waals surface area contributed by atoms with Gasteiger partial charge >= 0.3 is 5.97 Å². The van der Waals surface area contributed by atoms with Gasteiger partial charge in [0.05, 0.1) is 10.5 Å². The zero-order valence-electron chi connectivity index (χ0n) is 14.9. The zero-order chi connectivity index (χ0) is 18.9. The third-order valence-electron chi connectivity index (χ3n) is 5.69. The molecule has 0 amide bonds. The topological polar surface area (TPSA) is 82.0 Å². The van der Waals surface area contributed by atoms with Crippen molar-refractivity contribution in [1.82, 2.24) is 0 Å². The number of hydrogen-bond donors (Lipinski definition) is 0. The largest absolute Gasteiger partial charge is 0.459 e. The minimum atomic E-state index is -0.592. The molecule has 0 N–H and O–H groups in total. The van der Waals surface area contributed by atoms with E-state index in [1.807, 2.05) is 30.3 Å². The molecule has 1 heterocycles. The van der Waals surface area contributed by atoms with Crippen LogP contribution in [0.1, 0.15) is 48.0 Å². The lowest BCUT2D eigenvalue weighted by Crippen LogP contribution is -2.31. The molecule has 2 aromatic carbocycles. The van der Waals surface area contributed by atoms with Crippen molar-refractivity contribution in [2.45, 2.75) is 43.3 Å². The van der Waals surface area contributed by atoms with E-state index in [-0.39, 0.29) is 17.9 Å². The Hall–Kier alpha value is -2.73. The second-order valence-corrected chi connectivity index (χ2v) is 7.23. The van der Waals surface area contributed by atoms with Gasteiger partial charge in [-0.25, -0.2) is 4.79 Å². The molecular formula is C21H21NO5. The average molecular weight is 367 g/mol. The van der Waals surface area contributed by atoms with Crippen molar-refractivity contribution in [2.75, 3.05) is 6.61 Å². The van der Waals surface area contributed by atoms with Crippen molar-refractivity contribution in [1.29, 1.82) is 0 Å². The number of carbonyl (C=O) groups is 1. The van der Waals surface area contributed by atoms with E-state index in [1.165, 1.54) is 30.7 Å². The Morgan fingerprint density at radius 1 is 1.04 bits per heavy atom. The minimum absolute atomic E-state index is 0.0565. The van der Waals surface area contributed by atoms with Crippen molar-refractivity contribution in [3.63, 3.8) is 0 Å². The smallest absolute Gasteiger partial charge is 0.338 e. The summed E-state index contributed by atoms with van der Waals surface area (Å²) < 4.78 is 11.9. The van der Waals surface area contributed by atoms with Crippen molar-refractivity contribution >= 4 is 11.7 Å². The molecule has 27 heavy (non-hydrogen) atoms. The molecular weight excluding hydrogens is 346 g/mol. The Balaban J connectivity index is 1.51. The van der Waals surface area contributed by atoms with Crippen molar-refractivity contribution in [3.8, 4) is 0 Å². The normalized spacial score (nSPS) is 23.0. The van der Waals surface area contributed by atoms with Crippen LogP contribution >= 0.6 is 0 Å². The highest BCUT2D eigenvalue weighted by Crippen LogP contribution is 2.62. The summed E-state index contributed by atoms with van der Waals surface area (Å²) in [5.41, 5.74) is 0.428. The number of epoxide rings is 1. The van der Waals surface area contributed by atoms with Crippen molar-refractivity contribution in [3.05, 3.63) is 75.8 Å². The first-order valence-electron chi connectivity index (χ1n) is 9.24. The lowest BCUT2D eigenvalue weighted by molar-refractivity contribution is -0.384. The fraction of sp³-hybridized carbons (Fsp3) is 0.381. The van der Waals surface area contributed by atoms with Gasteiger partial charge in [-0.1, -0.05) is 49.6 Å². The third kappa shape index (κ3) is 3.10. The fourth-order valence-electron chi connectivity index (χ4n) is 4.18. The molecule has 1 aliphatic carbocycles. The van der Waals surface area contributed by atoms with Crippen LogP contribution in [0.5, 0.6) is 0 Å². The highest BCUT2D eigenvalue weighted by Gasteiger charge is 2.70. The summed E-state index contributed by atoms with van der Waals surface area (Å²) in [5, 5.41) is 10.7. The number of nitro groups is 1. The Bertz CT molecular complexity index is 843. The van der Waals surface area contributed by atoms with Crippen molar-refractivity contribution in [2.24, 2.45) is 0 Å². The molecule has 1 aliphatic heterocycles. The highest BCUT2D eigenvalue weighted by atomic mass is 16.7. The van der Waals surface area contributed by atoms with Crippen LogP contribution in [0.4, 0.5) is 5.69 Å². The summed E-state index contributed by atoms with van der Waals surface area (Å²) in [5.74, 6) is -0.498. The first-order chi connectivity index (χ1) is 13.1. The minimum Gasteiger partial charge on any atom is -0.459 e. The van der Waals surface area contributed by atoms with Gasteiger partial charge in [-0.15, -0.1) is 0 Å². The standard InChI is InChI=1S/C21H21NO5/c23-19(16-9-11-18(12-10-16)22(24)25)26-15-21(17-7-3-1-4-8-17)20(27-21)13-5-2-6-14-20/h1,3-4,7-12H,2,5-6,13-15H2/t21-/m1/s1. The third-order valence-corrected chi connectivity index (χ3v) is 5.69. The molecule has 1 atom stereocenters. The lowest BCUT2D eigenvalue weighted by Gasteiger charge is -2.24. The molecule has 1 spiro atoms. The summed E-state index contributed by atoms with van der Waals surface area (Å²) >= 11 is 0. The van der Waals surface area contributed by atoms with E-state index in [9.17, 15) is 14.9 Å². The number of benzene rings is 2. The van der Waals surface area contributed by atoms with Crippen molar-refractivity contribution < 1.29 is 19.2 Å². The molecule has 2 aliphatic rings. The van der Waals surface area contributed by atoms with E-state index >= 15 is 0 Å². The number of hydrogen-bond acceptors (Lipinski definition) is 5. The molecule has 0 aromatic heterocycles. The van der Waals surface area contributed by atoms with Crippen LogP contribution in [0.15, 0.2) is 54.6 Å². The summed E-state index contributed by atoms with van der Waals surface area (Å²) in [6, 6.07) is 15.4. The van der Waals surface area contributed by atoms with E-state index in [0.29, 0.717) is 5.56 Å². The van der Waals surface area contributed by atoms with Gasteiger partial charge in [-0.2, -0.15) is 0 Å². The number of rotatable bonds is 5. The first kappa shape index (κ1) is 17.7. The Labute approximate surface area is 157 Å². The summed E-state index contributed by atoms with van der Waals surface area (Å²) in [7, 11) is 0. The first-order valence-corrected chi connectivity index (χ1v) is 9.24.